The molecule has 0 bridgehead atoms. The summed E-state index contributed by atoms with van der Waals surface area (Å²) in [5.74, 6) is 0.126. The Kier molecular flexibility index (Phi) is 3.11. The molecule has 3 heteroatoms. The average Bonchev–Trinajstić information content (AvgIpc) is 2.68. The lowest BCUT2D eigenvalue weighted by atomic mass is 10.0. The Morgan fingerprint density at radius 2 is 1.94 bits per heavy atom. The van der Waals surface area contributed by atoms with Crippen LogP contribution in [-0.4, -0.2) is 10.8 Å². The van der Waals surface area contributed by atoms with E-state index < -0.39 is 0 Å². The standard InChI is InChI=1S/C13H12ClNO/c1-9-12(6-7-15-9)13(16)8-10-2-4-11(14)5-3-10/h2-7,15H,8H2,1H3. The maximum absolute atomic E-state index is 11.9. The molecule has 0 saturated heterocycles. The van der Waals surface area contributed by atoms with Crippen molar-refractivity contribution >= 4 is 17.4 Å². The fraction of sp³-hybridized carbons (Fsp3) is 0.154. The second-order valence-electron chi connectivity index (χ2n) is 3.74. The molecule has 0 unspecified atom stereocenters. The van der Waals surface area contributed by atoms with Crippen LogP contribution >= 0.6 is 11.6 Å². The predicted octanol–water partition coefficient (Wildman–Crippen LogP) is 3.40. The third-order valence-corrected chi connectivity index (χ3v) is 2.78. The van der Waals surface area contributed by atoms with Gasteiger partial charge in [0.15, 0.2) is 5.78 Å². The molecule has 2 rings (SSSR count). The predicted molar refractivity (Wildman–Crippen MR) is 65.0 cm³/mol. The minimum absolute atomic E-state index is 0.126. The van der Waals surface area contributed by atoms with E-state index in [1.54, 1.807) is 18.3 Å². The van der Waals surface area contributed by atoms with Crippen LogP contribution in [0.5, 0.6) is 0 Å². The second-order valence-corrected chi connectivity index (χ2v) is 4.18. The number of carbonyl (C=O) groups excluding carboxylic acids is 1. The van der Waals surface area contributed by atoms with Gasteiger partial charge in [0, 0.05) is 28.9 Å². The van der Waals surface area contributed by atoms with Crippen LogP contribution in [0.15, 0.2) is 36.5 Å². The van der Waals surface area contributed by atoms with E-state index in [4.69, 9.17) is 11.6 Å². The first kappa shape index (κ1) is 11.0. The molecule has 0 fully saturated rings. The molecule has 0 radical (unpaired) electrons. The zero-order valence-electron chi connectivity index (χ0n) is 8.96. The van der Waals surface area contributed by atoms with Crippen LogP contribution < -0.4 is 0 Å². The maximum atomic E-state index is 11.9. The summed E-state index contributed by atoms with van der Waals surface area (Å²) in [5, 5.41) is 0.689. The molecular weight excluding hydrogens is 222 g/mol. The van der Waals surface area contributed by atoms with Crippen molar-refractivity contribution in [2.75, 3.05) is 0 Å². The first-order valence-electron chi connectivity index (χ1n) is 5.08. The number of aryl methyl sites for hydroxylation is 1. The van der Waals surface area contributed by atoms with Crippen LogP contribution in [0.4, 0.5) is 0 Å². The summed E-state index contributed by atoms with van der Waals surface area (Å²) in [6.07, 6.45) is 2.19. The number of carbonyl (C=O) groups is 1. The number of aromatic amines is 1. The Labute approximate surface area is 99.3 Å². The van der Waals surface area contributed by atoms with Crippen LogP contribution in [0.2, 0.25) is 5.02 Å². The minimum Gasteiger partial charge on any atom is -0.365 e. The van der Waals surface area contributed by atoms with Gasteiger partial charge >= 0.3 is 0 Å². The Balaban J connectivity index is 2.14. The zero-order chi connectivity index (χ0) is 11.5. The molecule has 2 nitrogen and oxygen atoms in total. The van der Waals surface area contributed by atoms with E-state index in [1.165, 1.54) is 0 Å². The molecule has 0 amide bonds. The van der Waals surface area contributed by atoms with Crippen molar-refractivity contribution in [3.05, 3.63) is 58.4 Å². The van der Waals surface area contributed by atoms with Gasteiger partial charge in [0.2, 0.25) is 0 Å². The van der Waals surface area contributed by atoms with Gasteiger partial charge in [-0.1, -0.05) is 23.7 Å². The normalized spacial score (nSPS) is 10.4. The molecule has 0 atom stereocenters. The molecule has 1 aromatic heterocycles. The van der Waals surface area contributed by atoms with E-state index in [2.05, 4.69) is 4.98 Å². The molecule has 0 aliphatic rings. The highest BCUT2D eigenvalue weighted by Gasteiger charge is 2.10. The van der Waals surface area contributed by atoms with Crippen molar-refractivity contribution in [1.82, 2.24) is 4.98 Å². The Bertz CT molecular complexity index is 499. The second kappa shape index (κ2) is 4.54. The molecule has 0 aliphatic carbocycles. The molecule has 82 valence electrons. The SMILES string of the molecule is Cc1[nH]ccc1C(=O)Cc1ccc(Cl)cc1. The number of hydrogen-bond donors (Lipinski definition) is 1. The van der Waals surface area contributed by atoms with E-state index in [0.717, 1.165) is 16.8 Å². The number of benzene rings is 1. The summed E-state index contributed by atoms with van der Waals surface area (Å²) in [7, 11) is 0. The largest absolute Gasteiger partial charge is 0.365 e. The van der Waals surface area contributed by atoms with Crippen molar-refractivity contribution in [1.29, 1.82) is 0 Å². The van der Waals surface area contributed by atoms with Gasteiger partial charge in [0.25, 0.3) is 0 Å². The van der Waals surface area contributed by atoms with Crippen LogP contribution in [0, 0.1) is 6.92 Å². The molecule has 2 aromatic rings. The number of aromatic nitrogens is 1. The molecule has 0 spiro atoms. The summed E-state index contributed by atoms with van der Waals surface area (Å²) in [6.45, 7) is 1.90. The van der Waals surface area contributed by atoms with Crippen LogP contribution in [0.25, 0.3) is 0 Å². The molecule has 1 heterocycles. The number of Topliss-reactive ketones (excluding diaryl/α,β-unsaturated/α-hetero) is 1. The quantitative estimate of drug-likeness (QED) is 0.810. The fourth-order valence-electron chi connectivity index (χ4n) is 1.64. The number of rotatable bonds is 3. The highest BCUT2D eigenvalue weighted by atomic mass is 35.5. The van der Waals surface area contributed by atoms with Crippen LogP contribution in [0.1, 0.15) is 21.6 Å². The van der Waals surface area contributed by atoms with Gasteiger partial charge in [-0.15, -0.1) is 0 Å². The molecule has 16 heavy (non-hydrogen) atoms. The monoisotopic (exact) mass is 233 g/mol. The Morgan fingerprint density at radius 1 is 1.25 bits per heavy atom. The molecule has 1 aromatic carbocycles. The first-order valence-corrected chi connectivity index (χ1v) is 5.46. The smallest absolute Gasteiger partial charge is 0.169 e. The Hall–Kier alpha value is -1.54. The summed E-state index contributed by atoms with van der Waals surface area (Å²) >= 11 is 5.78. The molecule has 0 saturated carbocycles. The van der Waals surface area contributed by atoms with Gasteiger partial charge in [-0.3, -0.25) is 4.79 Å². The molecule has 1 N–H and O–H groups in total. The van der Waals surface area contributed by atoms with Crippen molar-refractivity contribution in [2.45, 2.75) is 13.3 Å². The minimum atomic E-state index is 0.126. The topological polar surface area (TPSA) is 32.9 Å². The van der Waals surface area contributed by atoms with Gasteiger partial charge < -0.3 is 4.98 Å². The van der Waals surface area contributed by atoms with E-state index in [1.807, 2.05) is 25.1 Å². The van der Waals surface area contributed by atoms with Crippen molar-refractivity contribution in [3.8, 4) is 0 Å². The Morgan fingerprint density at radius 3 is 2.50 bits per heavy atom. The number of hydrogen-bond acceptors (Lipinski definition) is 1. The van der Waals surface area contributed by atoms with Gasteiger partial charge in [-0.05, 0) is 30.7 Å². The third-order valence-electron chi connectivity index (χ3n) is 2.53. The van der Waals surface area contributed by atoms with E-state index in [0.29, 0.717) is 11.4 Å². The van der Waals surface area contributed by atoms with E-state index in [-0.39, 0.29) is 5.78 Å². The maximum Gasteiger partial charge on any atom is 0.169 e. The zero-order valence-corrected chi connectivity index (χ0v) is 9.71. The number of ketones is 1. The summed E-state index contributed by atoms with van der Waals surface area (Å²) in [5.41, 5.74) is 2.66. The van der Waals surface area contributed by atoms with Gasteiger partial charge in [0.05, 0.1) is 0 Å². The summed E-state index contributed by atoms with van der Waals surface area (Å²) in [6, 6.07) is 9.17. The summed E-state index contributed by atoms with van der Waals surface area (Å²) < 4.78 is 0. The van der Waals surface area contributed by atoms with E-state index >= 15 is 0 Å². The van der Waals surface area contributed by atoms with Crippen molar-refractivity contribution in [2.24, 2.45) is 0 Å². The number of H-pyrrole nitrogens is 1. The van der Waals surface area contributed by atoms with Gasteiger partial charge in [0.1, 0.15) is 0 Å². The highest BCUT2D eigenvalue weighted by Crippen LogP contribution is 2.13. The molecule has 0 aliphatic heterocycles. The van der Waals surface area contributed by atoms with Crippen LogP contribution in [-0.2, 0) is 6.42 Å². The average molecular weight is 234 g/mol. The van der Waals surface area contributed by atoms with Crippen LogP contribution in [0.3, 0.4) is 0 Å². The molecular formula is C13H12ClNO. The lowest BCUT2D eigenvalue weighted by Crippen LogP contribution is -2.03. The highest BCUT2D eigenvalue weighted by molar-refractivity contribution is 6.30. The number of nitrogens with one attached hydrogen (secondary N) is 1. The lowest BCUT2D eigenvalue weighted by Gasteiger charge is -2.01. The lowest BCUT2D eigenvalue weighted by molar-refractivity contribution is 0.0992. The fourth-order valence-corrected chi connectivity index (χ4v) is 1.76. The van der Waals surface area contributed by atoms with Crippen molar-refractivity contribution in [3.63, 3.8) is 0 Å². The third kappa shape index (κ3) is 2.34. The van der Waals surface area contributed by atoms with E-state index in [9.17, 15) is 4.79 Å². The number of halogens is 1. The van der Waals surface area contributed by atoms with Gasteiger partial charge in [-0.2, -0.15) is 0 Å². The van der Waals surface area contributed by atoms with Gasteiger partial charge in [-0.25, -0.2) is 0 Å². The van der Waals surface area contributed by atoms with Crippen molar-refractivity contribution < 1.29 is 4.79 Å². The summed E-state index contributed by atoms with van der Waals surface area (Å²) in [4.78, 5) is 14.9. The first-order chi connectivity index (χ1) is 7.66.